The van der Waals surface area contributed by atoms with Crippen LogP contribution in [0, 0.1) is 0 Å². The maximum Gasteiger partial charge on any atom is 0.271 e. The number of aromatic nitrogens is 2. The van der Waals surface area contributed by atoms with Gasteiger partial charge in [0.1, 0.15) is 17.2 Å². The van der Waals surface area contributed by atoms with Gasteiger partial charge in [-0.05, 0) is 49.2 Å². The van der Waals surface area contributed by atoms with Crippen molar-refractivity contribution in [1.29, 1.82) is 0 Å². The van der Waals surface area contributed by atoms with Gasteiger partial charge >= 0.3 is 0 Å². The number of nitrogens with zero attached hydrogens (tertiary/aromatic N) is 2. The van der Waals surface area contributed by atoms with Crippen molar-refractivity contribution >= 4 is 11.8 Å². The highest BCUT2D eigenvalue weighted by Crippen LogP contribution is 2.23. The fourth-order valence-corrected chi connectivity index (χ4v) is 3.79. The lowest BCUT2D eigenvalue weighted by atomic mass is 10.0. The molecule has 0 atom stereocenters. The molecule has 0 aliphatic carbocycles. The van der Waals surface area contributed by atoms with Crippen LogP contribution < -0.4 is 14.8 Å². The highest BCUT2D eigenvalue weighted by atomic mass is 16.5. The zero-order valence-electron chi connectivity index (χ0n) is 18.1. The summed E-state index contributed by atoms with van der Waals surface area (Å²) in [6.07, 6.45) is 1.39. The third kappa shape index (κ3) is 4.74. The number of benzene rings is 2. The highest BCUT2D eigenvalue weighted by molar-refractivity contribution is 5.95. The van der Waals surface area contributed by atoms with Crippen LogP contribution in [-0.4, -0.2) is 60.3 Å². The minimum atomic E-state index is -0.134. The fourth-order valence-electron chi connectivity index (χ4n) is 3.79. The lowest BCUT2D eigenvalue weighted by Crippen LogP contribution is -2.46. The monoisotopic (exact) mass is 434 g/mol. The number of likely N-dealkylation sites (tertiary alicyclic amines) is 1. The molecule has 0 unspecified atom stereocenters. The molecule has 2 heterocycles. The number of hydrogen-bond acceptors (Lipinski definition) is 5. The van der Waals surface area contributed by atoms with Crippen LogP contribution in [0.1, 0.15) is 33.7 Å². The summed E-state index contributed by atoms with van der Waals surface area (Å²) in [5, 5.41) is 10.2. The molecule has 2 N–H and O–H groups in total. The summed E-state index contributed by atoms with van der Waals surface area (Å²) >= 11 is 0. The molecule has 0 bridgehead atoms. The Morgan fingerprint density at radius 2 is 1.69 bits per heavy atom. The molecule has 8 nitrogen and oxygen atoms in total. The molecule has 1 saturated heterocycles. The maximum atomic E-state index is 12.9. The molecule has 4 rings (SSSR count). The Bertz CT molecular complexity index is 1100. The van der Waals surface area contributed by atoms with Gasteiger partial charge in [0, 0.05) is 30.3 Å². The number of aromatic amines is 1. The number of hydrogen-bond donors (Lipinski definition) is 2. The van der Waals surface area contributed by atoms with Crippen LogP contribution in [-0.2, 0) is 0 Å². The van der Waals surface area contributed by atoms with Gasteiger partial charge in [0.05, 0.1) is 19.9 Å². The van der Waals surface area contributed by atoms with E-state index in [2.05, 4.69) is 15.5 Å². The van der Waals surface area contributed by atoms with Gasteiger partial charge in [-0.2, -0.15) is 5.10 Å². The highest BCUT2D eigenvalue weighted by Gasteiger charge is 2.26. The van der Waals surface area contributed by atoms with Gasteiger partial charge in [-0.15, -0.1) is 0 Å². The third-order valence-corrected chi connectivity index (χ3v) is 5.62. The van der Waals surface area contributed by atoms with Crippen LogP contribution in [0.2, 0.25) is 0 Å². The van der Waals surface area contributed by atoms with Crippen molar-refractivity contribution in [1.82, 2.24) is 20.4 Å². The number of piperidine rings is 1. The molecule has 0 spiro atoms. The van der Waals surface area contributed by atoms with Crippen LogP contribution in [0.5, 0.6) is 11.5 Å². The van der Waals surface area contributed by atoms with Crippen LogP contribution in [0.3, 0.4) is 0 Å². The fraction of sp³-hybridized carbons (Fsp3) is 0.292. The quantitative estimate of drug-likeness (QED) is 0.621. The summed E-state index contributed by atoms with van der Waals surface area (Å²) in [6, 6.07) is 16.4. The number of carbonyl (C=O) groups is 2. The lowest BCUT2D eigenvalue weighted by molar-refractivity contribution is 0.0692. The second-order valence-corrected chi connectivity index (χ2v) is 7.67. The van der Waals surface area contributed by atoms with Gasteiger partial charge in [0.2, 0.25) is 0 Å². The molecule has 1 aliphatic rings. The van der Waals surface area contributed by atoms with Crippen molar-refractivity contribution < 1.29 is 19.1 Å². The summed E-state index contributed by atoms with van der Waals surface area (Å²) in [5.41, 5.74) is 2.57. The van der Waals surface area contributed by atoms with Crippen molar-refractivity contribution in [2.24, 2.45) is 0 Å². The largest absolute Gasteiger partial charge is 0.497 e. The summed E-state index contributed by atoms with van der Waals surface area (Å²) in [6.45, 7) is 1.13. The third-order valence-electron chi connectivity index (χ3n) is 5.62. The van der Waals surface area contributed by atoms with E-state index in [4.69, 9.17) is 9.47 Å². The van der Waals surface area contributed by atoms with E-state index in [0.717, 1.165) is 11.3 Å². The topological polar surface area (TPSA) is 96.6 Å². The van der Waals surface area contributed by atoms with E-state index in [9.17, 15) is 9.59 Å². The minimum Gasteiger partial charge on any atom is -0.497 e. The Hall–Kier alpha value is -3.81. The molecule has 1 fully saturated rings. The average Bonchev–Trinajstić information content (AvgIpc) is 3.34. The lowest BCUT2D eigenvalue weighted by Gasteiger charge is -2.32. The molecule has 3 aromatic rings. The Balaban J connectivity index is 1.33. The minimum absolute atomic E-state index is 0.0202. The average molecular weight is 434 g/mol. The van der Waals surface area contributed by atoms with Crippen molar-refractivity contribution in [3.8, 4) is 22.8 Å². The summed E-state index contributed by atoms with van der Waals surface area (Å²) in [4.78, 5) is 27.2. The maximum absolute atomic E-state index is 12.9. The Morgan fingerprint density at radius 1 is 1.00 bits per heavy atom. The van der Waals surface area contributed by atoms with Crippen molar-refractivity contribution in [3.63, 3.8) is 0 Å². The normalized spacial score (nSPS) is 14.1. The first-order valence-electron chi connectivity index (χ1n) is 10.5. The Morgan fingerprint density at radius 3 is 2.41 bits per heavy atom. The van der Waals surface area contributed by atoms with Crippen LogP contribution in [0.15, 0.2) is 54.6 Å². The first-order chi connectivity index (χ1) is 15.6. The van der Waals surface area contributed by atoms with Gasteiger partial charge in [-0.3, -0.25) is 14.7 Å². The van der Waals surface area contributed by atoms with Gasteiger partial charge < -0.3 is 19.7 Å². The van der Waals surface area contributed by atoms with Crippen LogP contribution in [0.25, 0.3) is 11.3 Å². The molecule has 1 aliphatic heterocycles. The number of amides is 2. The number of ether oxygens (including phenoxy) is 2. The second kappa shape index (κ2) is 9.55. The van der Waals surface area contributed by atoms with Crippen molar-refractivity contribution in [3.05, 3.63) is 65.9 Å². The smallest absolute Gasteiger partial charge is 0.271 e. The number of rotatable bonds is 6. The predicted octanol–water partition coefficient (Wildman–Crippen LogP) is 3.13. The Kier molecular flexibility index (Phi) is 6.39. The molecule has 32 heavy (non-hydrogen) atoms. The van der Waals surface area contributed by atoms with E-state index in [1.165, 1.54) is 0 Å². The summed E-state index contributed by atoms with van der Waals surface area (Å²) < 4.78 is 10.4. The first kappa shape index (κ1) is 21.4. The molecule has 0 radical (unpaired) electrons. The SMILES string of the molecule is COc1cccc(C(=O)NC2CCN(C(=O)c3cc(-c4cccc(OC)c4)n[nH]3)CC2)c1. The number of carbonyl (C=O) groups excluding carboxylic acids is 2. The van der Waals surface area contributed by atoms with Crippen LogP contribution in [0.4, 0.5) is 0 Å². The van der Waals surface area contributed by atoms with Crippen LogP contribution >= 0.6 is 0 Å². The predicted molar refractivity (Wildman–Crippen MR) is 120 cm³/mol. The number of H-pyrrole nitrogens is 1. The molecule has 2 amide bonds. The standard InChI is InChI=1S/C24H26N4O4/c1-31-19-7-3-5-16(13-19)21-15-22(27-26-21)24(30)28-11-9-18(10-12-28)25-23(29)17-6-4-8-20(14-17)32-2/h3-8,13-15,18H,9-12H2,1-2H3,(H,25,29)(H,26,27). The van der Waals surface area contributed by atoms with Gasteiger partial charge in [0.25, 0.3) is 11.8 Å². The van der Waals surface area contributed by atoms with Gasteiger partial charge in [-0.25, -0.2) is 0 Å². The molecule has 2 aromatic carbocycles. The van der Waals surface area contributed by atoms with E-state index >= 15 is 0 Å². The zero-order chi connectivity index (χ0) is 22.5. The Labute approximate surface area is 186 Å². The number of methoxy groups -OCH3 is 2. The molecule has 166 valence electrons. The zero-order valence-corrected chi connectivity index (χ0v) is 18.1. The second-order valence-electron chi connectivity index (χ2n) is 7.67. The number of nitrogens with one attached hydrogen (secondary N) is 2. The molecule has 1 aromatic heterocycles. The molecular formula is C24H26N4O4. The summed E-state index contributed by atoms with van der Waals surface area (Å²) in [7, 11) is 3.18. The van der Waals surface area contributed by atoms with E-state index in [0.29, 0.717) is 48.6 Å². The van der Waals surface area contributed by atoms with Gasteiger partial charge in [0.15, 0.2) is 0 Å². The van der Waals surface area contributed by atoms with Crippen molar-refractivity contribution in [2.75, 3.05) is 27.3 Å². The summed E-state index contributed by atoms with van der Waals surface area (Å²) in [5.74, 6) is 1.15. The van der Waals surface area contributed by atoms with E-state index in [1.54, 1.807) is 49.5 Å². The molecule has 8 heteroatoms. The molecule has 0 saturated carbocycles. The van der Waals surface area contributed by atoms with Gasteiger partial charge in [-0.1, -0.05) is 18.2 Å². The first-order valence-corrected chi connectivity index (χ1v) is 10.5. The van der Waals surface area contributed by atoms with E-state index < -0.39 is 0 Å². The molecular weight excluding hydrogens is 408 g/mol. The van der Waals surface area contributed by atoms with E-state index in [-0.39, 0.29) is 17.9 Å². The van der Waals surface area contributed by atoms with E-state index in [1.807, 2.05) is 24.3 Å². The van der Waals surface area contributed by atoms with Crippen molar-refractivity contribution in [2.45, 2.75) is 18.9 Å².